The molecule has 2 heterocycles. The molecule has 0 radical (unpaired) electrons. The van der Waals surface area contributed by atoms with Crippen LogP contribution in [0.25, 0.3) is 0 Å². The molecule has 2 aliphatic heterocycles. The minimum absolute atomic E-state index is 0.127. The maximum absolute atomic E-state index is 11.7. The van der Waals surface area contributed by atoms with Crippen LogP contribution in [0.3, 0.4) is 0 Å². The van der Waals surface area contributed by atoms with Gasteiger partial charge in [0.1, 0.15) is 29.7 Å². The molecule has 3 rings (SSSR count). The van der Waals surface area contributed by atoms with Crippen LogP contribution < -0.4 is 33.2 Å². The van der Waals surface area contributed by atoms with Crippen LogP contribution in [-0.2, 0) is 14.2 Å². The van der Waals surface area contributed by atoms with E-state index in [0.717, 1.165) is 0 Å². The highest BCUT2D eigenvalue weighted by molar-refractivity contribution is 5.11. The standard InChI is InChI=1S/C25H50N6O9/c1-25(37)11-38-24(20(36)23(25)29-2)40-22-17(31-13(9-33)10-34)5-16(28)18(19(22)35)21-15(27)4-3-14(39-21)7-30-6-12(26)8-32/h3,12-13,15-24,29-37H,4-11,26-28H2,1-2H3/t12?,15-,16+,17-,18?,19+,20-,21+,22+,23-,24-,25+/m1/s1. The highest BCUT2D eigenvalue weighted by atomic mass is 16.7. The van der Waals surface area contributed by atoms with Crippen molar-refractivity contribution in [3.05, 3.63) is 11.8 Å². The highest BCUT2D eigenvalue weighted by Crippen LogP contribution is 2.36. The zero-order chi connectivity index (χ0) is 29.6. The van der Waals surface area contributed by atoms with Gasteiger partial charge in [-0.2, -0.15) is 0 Å². The van der Waals surface area contributed by atoms with Gasteiger partial charge in [0.15, 0.2) is 6.29 Å². The molecule has 2 unspecified atom stereocenters. The Morgan fingerprint density at radius 2 is 1.82 bits per heavy atom. The summed E-state index contributed by atoms with van der Waals surface area (Å²) < 4.78 is 18.1. The van der Waals surface area contributed by atoms with E-state index in [-0.39, 0.29) is 32.8 Å². The zero-order valence-electron chi connectivity index (χ0n) is 23.3. The van der Waals surface area contributed by atoms with Crippen LogP contribution in [0.2, 0.25) is 0 Å². The monoisotopic (exact) mass is 578 g/mol. The number of hydrogen-bond donors (Lipinski definition) is 12. The molecule has 0 amide bonds. The Morgan fingerprint density at radius 3 is 2.45 bits per heavy atom. The summed E-state index contributed by atoms with van der Waals surface area (Å²) in [6.07, 6.45) is -2.77. The van der Waals surface area contributed by atoms with Crippen molar-refractivity contribution in [1.29, 1.82) is 0 Å². The number of rotatable bonds is 13. The average molecular weight is 579 g/mol. The summed E-state index contributed by atoms with van der Waals surface area (Å²) in [6.45, 7) is 1.26. The minimum atomic E-state index is -1.36. The maximum Gasteiger partial charge on any atom is 0.185 e. The average Bonchev–Trinajstić information content (AvgIpc) is 2.91. The number of likely N-dealkylation sites (N-methyl/N-ethyl adjacent to an activating group) is 1. The fourth-order valence-corrected chi connectivity index (χ4v) is 5.89. The van der Waals surface area contributed by atoms with Crippen LogP contribution in [0.4, 0.5) is 0 Å². The maximum atomic E-state index is 11.7. The van der Waals surface area contributed by atoms with E-state index in [0.29, 0.717) is 25.3 Å². The van der Waals surface area contributed by atoms with Gasteiger partial charge in [-0.05, 0) is 32.9 Å². The molecule has 0 aromatic rings. The third kappa shape index (κ3) is 7.87. The lowest BCUT2D eigenvalue weighted by atomic mass is 9.72. The van der Waals surface area contributed by atoms with Gasteiger partial charge < -0.3 is 78.0 Å². The van der Waals surface area contributed by atoms with Crippen LogP contribution in [-0.4, -0.2) is 150 Å². The van der Waals surface area contributed by atoms with E-state index in [2.05, 4.69) is 16.0 Å². The van der Waals surface area contributed by atoms with Gasteiger partial charge in [-0.1, -0.05) is 0 Å². The van der Waals surface area contributed by atoms with Crippen LogP contribution >= 0.6 is 0 Å². The first kappa shape index (κ1) is 33.5. The molecule has 0 aromatic heterocycles. The Morgan fingerprint density at radius 1 is 1.12 bits per heavy atom. The summed E-state index contributed by atoms with van der Waals surface area (Å²) >= 11 is 0. The number of aliphatic hydroxyl groups is 6. The van der Waals surface area contributed by atoms with Crippen molar-refractivity contribution in [2.24, 2.45) is 23.1 Å². The summed E-state index contributed by atoms with van der Waals surface area (Å²) in [6, 6.07) is -3.58. The molecule has 3 aliphatic rings. The Kier molecular flexibility index (Phi) is 12.5. The molecule has 0 spiro atoms. The normalized spacial score (nSPS) is 41.5. The minimum Gasteiger partial charge on any atom is -0.492 e. The van der Waals surface area contributed by atoms with Crippen molar-refractivity contribution in [3.63, 3.8) is 0 Å². The van der Waals surface area contributed by atoms with Gasteiger partial charge in [0, 0.05) is 36.6 Å². The molecule has 15 nitrogen and oxygen atoms in total. The molecule has 234 valence electrons. The molecule has 15 heteroatoms. The fourth-order valence-electron chi connectivity index (χ4n) is 5.89. The topological polar surface area (TPSA) is 263 Å². The van der Waals surface area contributed by atoms with Crippen LogP contribution in [0.1, 0.15) is 19.8 Å². The zero-order valence-corrected chi connectivity index (χ0v) is 23.3. The summed E-state index contributed by atoms with van der Waals surface area (Å²) in [5.41, 5.74) is 17.4. The van der Waals surface area contributed by atoms with Gasteiger partial charge in [0.05, 0.1) is 51.2 Å². The lowest BCUT2D eigenvalue weighted by Crippen LogP contribution is -2.69. The second kappa shape index (κ2) is 14.9. The molecule has 2 fully saturated rings. The van der Waals surface area contributed by atoms with E-state index in [9.17, 15) is 25.5 Å². The van der Waals surface area contributed by atoms with E-state index in [1.165, 1.54) is 6.92 Å². The quantitative estimate of drug-likeness (QED) is 0.0971. The Bertz CT molecular complexity index is 807. The Hall–Kier alpha value is -1.02. The molecule has 1 saturated heterocycles. The van der Waals surface area contributed by atoms with Crippen LogP contribution in [0.15, 0.2) is 11.8 Å². The summed E-state index contributed by atoms with van der Waals surface area (Å²) in [4.78, 5) is 0. The molecular formula is C25H50N6O9. The molecular weight excluding hydrogens is 528 g/mol. The van der Waals surface area contributed by atoms with E-state index in [1.807, 2.05) is 6.08 Å². The van der Waals surface area contributed by atoms with E-state index < -0.39 is 78.5 Å². The van der Waals surface area contributed by atoms with Crippen molar-refractivity contribution < 1.29 is 44.8 Å². The van der Waals surface area contributed by atoms with Crippen molar-refractivity contribution in [2.75, 3.05) is 46.6 Å². The van der Waals surface area contributed by atoms with Crippen LogP contribution in [0, 0.1) is 5.92 Å². The highest BCUT2D eigenvalue weighted by Gasteiger charge is 2.53. The lowest BCUT2D eigenvalue weighted by molar-refractivity contribution is -0.298. The third-order valence-electron chi connectivity index (χ3n) is 8.12. The van der Waals surface area contributed by atoms with Gasteiger partial charge in [0.2, 0.25) is 0 Å². The first-order valence-electron chi connectivity index (χ1n) is 13.9. The third-order valence-corrected chi connectivity index (χ3v) is 8.12. The van der Waals surface area contributed by atoms with Gasteiger partial charge >= 0.3 is 0 Å². The Labute approximate surface area is 235 Å². The van der Waals surface area contributed by atoms with Gasteiger partial charge in [0.25, 0.3) is 0 Å². The summed E-state index contributed by atoms with van der Waals surface area (Å²) in [5.74, 6) is -0.0631. The van der Waals surface area contributed by atoms with E-state index >= 15 is 0 Å². The molecule has 0 aromatic carbocycles. The van der Waals surface area contributed by atoms with Crippen LogP contribution in [0.5, 0.6) is 0 Å². The number of nitrogens with two attached hydrogens (primary N) is 3. The number of nitrogens with one attached hydrogen (secondary N) is 3. The summed E-state index contributed by atoms with van der Waals surface area (Å²) in [7, 11) is 1.60. The first-order valence-corrected chi connectivity index (χ1v) is 13.9. The largest absolute Gasteiger partial charge is 0.492 e. The van der Waals surface area contributed by atoms with Crippen molar-refractivity contribution >= 4 is 0 Å². The molecule has 15 N–H and O–H groups in total. The first-order chi connectivity index (χ1) is 19.0. The number of aliphatic hydroxyl groups excluding tert-OH is 5. The smallest absolute Gasteiger partial charge is 0.185 e. The predicted molar refractivity (Wildman–Crippen MR) is 145 cm³/mol. The van der Waals surface area contributed by atoms with Gasteiger partial charge in [-0.3, -0.25) is 0 Å². The van der Waals surface area contributed by atoms with E-state index in [4.69, 9.17) is 36.5 Å². The second-order valence-electron chi connectivity index (χ2n) is 11.4. The molecule has 1 aliphatic carbocycles. The second-order valence-corrected chi connectivity index (χ2v) is 11.4. The van der Waals surface area contributed by atoms with Gasteiger partial charge in [-0.25, -0.2) is 0 Å². The number of ether oxygens (including phenoxy) is 3. The van der Waals surface area contributed by atoms with Crippen molar-refractivity contribution in [1.82, 2.24) is 16.0 Å². The fraction of sp³-hybridized carbons (Fsp3) is 0.920. The molecule has 0 bridgehead atoms. The Balaban J connectivity index is 1.80. The van der Waals surface area contributed by atoms with Gasteiger partial charge in [-0.15, -0.1) is 0 Å². The molecule has 12 atom stereocenters. The summed E-state index contributed by atoms with van der Waals surface area (Å²) in [5, 5.41) is 70.9. The molecule has 1 saturated carbocycles. The lowest BCUT2D eigenvalue weighted by Gasteiger charge is -2.51. The SMILES string of the molecule is CN[C@@H]1[C@@H](O)[C@@H](O[C@H]2[C@H](NC(CO)CO)C[C@H](N)C([C@H]3OC(CNCC(N)CO)=CC[C@H]3N)[C@@H]2O)OC[C@]1(C)O. The number of hydrogen-bond acceptors (Lipinski definition) is 15. The predicted octanol–water partition coefficient (Wildman–Crippen LogP) is -5.64. The molecule has 40 heavy (non-hydrogen) atoms. The van der Waals surface area contributed by atoms with E-state index in [1.54, 1.807) is 7.05 Å². The van der Waals surface area contributed by atoms with Crippen molar-refractivity contribution in [2.45, 2.75) is 92.3 Å². The van der Waals surface area contributed by atoms with Crippen molar-refractivity contribution in [3.8, 4) is 0 Å².